The van der Waals surface area contributed by atoms with Crippen molar-refractivity contribution < 1.29 is 13.9 Å². The summed E-state index contributed by atoms with van der Waals surface area (Å²) in [5.74, 6) is -0.0735. The second kappa shape index (κ2) is 8.12. The van der Waals surface area contributed by atoms with Crippen molar-refractivity contribution in [3.63, 3.8) is 0 Å². The van der Waals surface area contributed by atoms with Crippen LogP contribution in [0.25, 0.3) is 0 Å². The van der Waals surface area contributed by atoms with E-state index < -0.39 is 0 Å². The van der Waals surface area contributed by atoms with Gasteiger partial charge in [0, 0.05) is 0 Å². The molecule has 0 fully saturated rings. The van der Waals surface area contributed by atoms with E-state index in [0.29, 0.717) is 6.61 Å². The van der Waals surface area contributed by atoms with Crippen LogP contribution in [0.4, 0.5) is 4.39 Å². The van der Waals surface area contributed by atoms with E-state index in [0.717, 1.165) is 18.5 Å². The van der Waals surface area contributed by atoms with E-state index in [2.05, 4.69) is 12.2 Å². The molecule has 3 nitrogen and oxygen atoms in total. The molecule has 0 radical (unpaired) electrons. The van der Waals surface area contributed by atoms with Crippen LogP contribution in [0.5, 0.6) is 5.75 Å². The minimum Gasteiger partial charge on any atom is -0.494 e. The van der Waals surface area contributed by atoms with E-state index in [9.17, 15) is 4.39 Å². The van der Waals surface area contributed by atoms with Crippen LogP contribution < -0.4 is 10.1 Å². The number of hydrogen-bond donors (Lipinski definition) is 1. The summed E-state index contributed by atoms with van der Waals surface area (Å²) in [5, 5.41) is 3.41. The summed E-state index contributed by atoms with van der Waals surface area (Å²) in [7, 11) is 1.47. The summed E-state index contributed by atoms with van der Waals surface area (Å²) < 4.78 is 24.1. The molecule has 1 rings (SSSR count). The Bertz CT molecular complexity index is 382. The van der Waals surface area contributed by atoms with Crippen LogP contribution in [-0.4, -0.2) is 26.4 Å². The molecule has 0 heterocycles. The quantitative estimate of drug-likeness (QED) is 0.785. The Morgan fingerprint density at radius 1 is 1.32 bits per heavy atom. The Labute approximate surface area is 115 Å². The first-order valence-electron chi connectivity index (χ1n) is 6.76. The van der Waals surface area contributed by atoms with Crippen LogP contribution in [0.2, 0.25) is 0 Å². The molecular weight excluding hydrogens is 245 g/mol. The van der Waals surface area contributed by atoms with Crippen molar-refractivity contribution in [2.75, 3.05) is 20.3 Å². The van der Waals surface area contributed by atoms with E-state index >= 15 is 0 Å². The van der Waals surface area contributed by atoms with Gasteiger partial charge in [0.15, 0.2) is 11.6 Å². The van der Waals surface area contributed by atoms with Crippen LogP contribution in [0, 0.1) is 5.82 Å². The third-order valence-electron chi connectivity index (χ3n) is 2.81. The molecule has 0 amide bonds. The second-order valence-electron chi connectivity index (χ2n) is 4.78. The van der Waals surface area contributed by atoms with Gasteiger partial charge < -0.3 is 14.8 Å². The number of ether oxygens (including phenoxy) is 2. The molecule has 1 aromatic rings. The van der Waals surface area contributed by atoms with Crippen molar-refractivity contribution in [2.24, 2.45) is 0 Å². The van der Waals surface area contributed by atoms with Crippen LogP contribution in [0.1, 0.15) is 38.8 Å². The number of rotatable bonds is 8. The highest BCUT2D eigenvalue weighted by atomic mass is 19.1. The standard InChI is InChI=1S/C15H24FNO2/c1-5-8-17-14(10-19-11(2)3)12-6-7-13(16)15(9-12)18-4/h6-7,9,11,14,17H,5,8,10H2,1-4H3. The molecule has 1 aromatic carbocycles. The molecule has 0 aliphatic rings. The molecule has 0 saturated carbocycles. The number of benzene rings is 1. The Morgan fingerprint density at radius 2 is 2.05 bits per heavy atom. The zero-order valence-electron chi connectivity index (χ0n) is 12.2. The summed E-state index contributed by atoms with van der Waals surface area (Å²) in [4.78, 5) is 0. The largest absolute Gasteiger partial charge is 0.494 e. The highest BCUT2D eigenvalue weighted by Gasteiger charge is 2.14. The SMILES string of the molecule is CCCNC(COC(C)C)c1ccc(F)c(OC)c1. The summed E-state index contributed by atoms with van der Waals surface area (Å²) in [6.07, 6.45) is 1.21. The van der Waals surface area contributed by atoms with Crippen LogP contribution >= 0.6 is 0 Å². The molecular formula is C15H24FNO2. The average Bonchev–Trinajstić information content (AvgIpc) is 2.39. The predicted octanol–water partition coefficient (Wildman–Crippen LogP) is 3.30. The number of halogens is 1. The van der Waals surface area contributed by atoms with Crippen LogP contribution in [0.15, 0.2) is 18.2 Å². The Hall–Kier alpha value is -1.13. The predicted molar refractivity (Wildman–Crippen MR) is 75.1 cm³/mol. The molecule has 0 spiro atoms. The van der Waals surface area contributed by atoms with Gasteiger partial charge in [0.1, 0.15) is 0 Å². The summed E-state index contributed by atoms with van der Waals surface area (Å²) >= 11 is 0. The average molecular weight is 269 g/mol. The molecule has 4 heteroatoms. The molecule has 19 heavy (non-hydrogen) atoms. The maximum absolute atomic E-state index is 13.4. The van der Waals surface area contributed by atoms with Crippen molar-refractivity contribution in [1.29, 1.82) is 0 Å². The Kier molecular flexibility index (Phi) is 6.81. The smallest absolute Gasteiger partial charge is 0.165 e. The van der Waals surface area contributed by atoms with Gasteiger partial charge >= 0.3 is 0 Å². The summed E-state index contributed by atoms with van der Waals surface area (Å²) in [5.41, 5.74) is 0.979. The molecule has 0 aliphatic heterocycles. The zero-order valence-corrected chi connectivity index (χ0v) is 12.2. The minimum absolute atomic E-state index is 0.0526. The van der Waals surface area contributed by atoms with E-state index in [1.807, 2.05) is 13.8 Å². The number of hydrogen-bond acceptors (Lipinski definition) is 3. The molecule has 1 unspecified atom stereocenters. The van der Waals surface area contributed by atoms with Gasteiger partial charge in [-0.05, 0) is 44.5 Å². The van der Waals surface area contributed by atoms with Crippen LogP contribution in [0.3, 0.4) is 0 Å². The number of methoxy groups -OCH3 is 1. The summed E-state index contributed by atoms with van der Waals surface area (Å²) in [6.45, 7) is 7.57. The van der Waals surface area contributed by atoms with Gasteiger partial charge in [-0.3, -0.25) is 0 Å². The zero-order chi connectivity index (χ0) is 14.3. The van der Waals surface area contributed by atoms with Crippen molar-refractivity contribution in [3.05, 3.63) is 29.6 Å². The molecule has 0 bridgehead atoms. The van der Waals surface area contributed by atoms with Gasteiger partial charge in [-0.2, -0.15) is 0 Å². The minimum atomic E-state index is -0.342. The molecule has 0 aliphatic carbocycles. The fourth-order valence-electron chi connectivity index (χ4n) is 1.77. The van der Waals surface area contributed by atoms with Crippen molar-refractivity contribution >= 4 is 0 Å². The van der Waals surface area contributed by atoms with E-state index in [1.54, 1.807) is 12.1 Å². The van der Waals surface area contributed by atoms with Gasteiger partial charge in [0.2, 0.25) is 0 Å². The highest BCUT2D eigenvalue weighted by molar-refractivity contribution is 5.32. The van der Waals surface area contributed by atoms with Gasteiger partial charge in [0.25, 0.3) is 0 Å². The molecule has 1 atom stereocenters. The van der Waals surface area contributed by atoms with Gasteiger partial charge in [-0.15, -0.1) is 0 Å². The first kappa shape index (κ1) is 15.9. The molecule has 108 valence electrons. The Balaban J connectivity index is 2.82. The summed E-state index contributed by atoms with van der Waals surface area (Å²) in [6, 6.07) is 4.99. The van der Waals surface area contributed by atoms with Crippen molar-refractivity contribution in [3.8, 4) is 5.75 Å². The van der Waals surface area contributed by atoms with Gasteiger partial charge in [-0.1, -0.05) is 13.0 Å². The van der Waals surface area contributed by atoms with Crippen LogP contribution in [-0.2, 0) is 4.74 Å². The number of nitrogens with one attached hydrogen (secondary N) is 1. The van der Waals surface area contributed by atoms with Gasteiger partial charge in [-0.25, -0.2) is 4.39 Å². The van der Waals surface area contributed by atoms with E-state index in [1.165, 1.54) is 13.2 Å². The fourth-order valence-corrected chi connectivity index (χ4v) is 1.77. The monoisotopic (exact) mass is 269 g/mol. The highest BCUT2D eigenvalue weighted by Crippen LogP contribution is 2.23. The van der Waals surface area contributed by atoms with E-state index in [4.69, 9.17) is 9.47 Å². The van der Waals surface area contributed by atoms with E-state index in [-0.39, 0.29) is 23.7 Å². The topological polar surface area (TPSA) is 30.5 Å². The third-order valence-corrected chi connectivity index (χ3v) is 2.81. The molecule has 1 N–H and O–H groups in total. The fraction of sp³-hybridized carbons (Fsp3) is 0.600. The third kappa shape index (κ3) is 5.17. The first-order chi connectivity index (χ1) is 9.08. The van der Waals surface area contributed by atoms with Gasteiger partial charge in [0.05, 0.1) is 25.9 Å². The van der Waals surface area contributed by atoms with Crippen molar-refractivity contribution in [1.82, 2.24) is 5.32 Å². The molecule has 0 aromatic heterocycles. The normalized spacial score (nSPS) is 12.7. The maximum atomic E-state index is 13.4. The Morgan fingerprint density at radius 3 is 2.63 bits per heavy atom. The lowest BCUT2D eigenvalue weighted by Gasteiger charge is -2.21. The lowest BCUT2D eigenvalue weighted by molar-refractivity contribution is 0.0611. The molecule has 0 saturated heterocycles. The van der Waals surface area contributed by atoms with Crippen molar-refractivity contribution in [2.45, 2.75) is 39.3 Å². The maximum Gasteiger partial charge on any atom is 0.165 e. The lowest BCUT2D eigenvalue weighted by Crippen LogP contribution is -2.27. The second-order valence-corrected chi connectivity index (χ2v) is 4.78. The first-order valence-corrected chi connectivity index (χ1v) is 6.76. The lowest BCUT2D eigenvalue weighted by atomic mass is 10.1.